The number of aliphatic hydroxyl groups excluding tert-OH is 1. The average Bonchev–Trinajstić information content (AvgIpc) is 2.35. The van der Waals surface area contributed by atoms with Gasteiger partial charge in [-0.3, -0.25) is 4.79 Å². The lowest BCUT2D eigenvalue weighted by molar-refractivity contribution is 0.0937. The van der Waals surface area contributed by atoms with E-state index < -0.39 is 0 Å². The summed E-state index contributed by atoms with van der Waals surface area (Å²) in [4.78, 5) is 11.7. The molecule has 6 heteroatoms. The molecule has 0 aliphatic carbocycles. The highest BCUT2D eigenvalue weighted by Crippen LogP contribution is 2.06. The number of halogens is 1. The monoisotopic (exact) mass is 257 g/mol. The summed E-state index contributed by atoms with van der Waals surface area (Å²) < 4.78 is 0. The summed E-state index contributed by atoms with van der Waals surface area (Å²) in [6, 6.07) is 3.05. The maximum atomic E-state index is 11.7. The van der Waals surface area contributed by atoms with Gasteiger partial charge in [-0.15, -0.1) is 10.2 Å². The Morgan fingerprint density at radius 3 is 2.82 bits per heavy atom. The molecule has 1 aromatic rings. The molecule has 2 N–H and O–H groups in total. The lowest BCUT2D eigenvalue weighted by Crippen LogP contribution is -2.30. The Hall–Kier alpha value is -1.20. The summed E-state index contributed by atoms with van der Waals surface area (Å²) >= 11 is 5.57. The minimum Gasteiger partial charge on any atom is -0.396 e. The van der Waals surface area contributed by atoms with Gasteiger partial charge in [0.25, 0.3) is 5.91 Å². The second-order valence-corrected chi connectivity index (χ2v) is 4.13. The van der Waals surface area contributed by atoms with Crippen LogP contribution in [0.1, 0.15) is 30.3 Å². The number of aliphatic hydroxyl groups is 1. The lowest BCUT2D eigenvalue weighted by atomic mass is 10.0. The van der Waals surface area contributed by atoms with Gasteiger partial charge in [0.05, 0.1) is 0 Å². The van der Waals surface area contributed by atoms with Crippen LogP contribution in [0.5, 0.6) is 0 Å². The van der Waals surface area contributed by atoms with Crippen LogP contribution in [0.3, 0.4) is 0 Å². The first-order valence-corrected chi connectivity index (χ1v) is 5.93. The Balaban J connectivity index is 2.46. The van der Waals surface area contributed by atoms with Gasteiger partial charge in [-0.2, -0.15) is 0 Å². The minimum absolute atomic E-state index is 0.134. The molecular formula is C11H16ClN3O2. The highest BCUT2D eigenvalue weighted by Gasteiger charge is 2.11. The van der Waals surface area contributed by atoms with E-state index in [4.69, 9.17) is 16.7 Å². The summed E-state index contributed by atoms with van der Waals surface area (Å²) in [5.41, 5.74) is 0.244. The Bertz CT molecular complexity index is 356. The number of nitrogens with zero attached hydrogens (tertiary/aromatic N) is 2. The van der Waals surface area contributed by atoms with Crippen LogP contribution in [-0.4, -0.2) is 34.4 Å². The van der Waals surface area contributed by atoms with Crippen LogP contribution in [0.15, 0.2) is 12.1 Å². The number of amides is 1. The third kappa shape index (κ3) is 4.66. The molecule has 1 aromatic heterocycles. The summed E-state index contributed by atoms with van der Waals surface area (Å²) in [7, 11) is 0. The van der Waals surface area contributed by atoms with Crippen molar-refractivity contribution < 1.29 is 9.90 Å². The Labute approximate surface area is 105 Å². The first kappa shape index (κ1) is 13.9. The number of nitrogens with one attached hydrogen (secondary N) is 1. The van der Waals surface area contributed by atoms with Crippen molar-refractivity contribution in [3.63, 3.8) is 0 Å². The van der Waals surface area contributed by atoms with Gasteiger partial charge in [0, 0.05) is 13.2 Å². The number of carbonyl (C=O) groups excluding carboxylic acids is 1. The molecule has 1 rings (SSSR count). The maximum Gasteiger partial charge on any atom is 0.271 e. The van der Waals surface area contributed by atoms with E-state index in [0.29, 0.717) is 13.0 Å². The SMILES string of the molecule is CCC(CCO)CNC(=O)c1ccc(Cl)nn1. The van der Waals surface area contributed by atoms with Crippen LogP contribution in [0.25, 0.3) is 0 Å². The minimum atomic E-state index is -0.273. The topological polar surface area (TPSA) is 75.1 Å². The number of rotatable bonds is 6. The third-order valence-corrected chi connectivity index (χ3v) is 2.73. The molecule has 0 saturated carbocycles. The van der Waals surface area contributed by atoms with Gasteiger partial charge in [-0.1, -0.05) is 24.9 Å². The van der Waals surface area contributed by atoms with Crippen LogP contribution in [0.4, 0.5) is 0 Å². The Kier molecular flexibility index (Phi) is 5.86. The average molecular weight is 258 g/mol. The summed E-state index contributed by atoms with van der Waals surface area (Å²) in [6.07, 6.45) is 1.59. The van der Waals surface area contributed by atoms with E-state index in [-0.39, 0.29) is 29.3 Å². The van der Waals surface area contributed by atoms with Crippen LogP contribution < -0.4 is 5.32 Å². The molecule has 0 aliphatic rings. The van der Waals surface area contributed by atoms with Crippen LogP contribution in [0.2, 0.25) is 5.15 Å². The zero-order chi connectivity index (χ0) is 12.7. The molecule has 0 fully saturated rings. The first-order chi connectivity index (χ1) is 8.17. The van der Waals surface area contributed by atoms with E-state index in [1.807, 2.05) is 6.92 Å². The second-order valence-electron chi connectivity index (χ2n) is 3.74. The van der Waals surface area contributed by atoms with Crippen molar-refractivity contribution in [2.45, 2.75) is 19.8 Å². The fourth-order valence-electron chi connectivity index (χ4n) is 1.40. The zero-order valence-corrected chi connectivity index (χ0v) is 10.4. The quantitative estimate of drug-likeness (QED) is 0.805. The normalized spacial score (nSPS) is 12.2. The van der Waals surface area contributed by atoms with Gasteiger partial charge in [-0.25, -0.2) is 0 Å². The Morgan fingerprint density at radius 2 is 2.29 bits per heavy atom. The van der Waals surface area contributed by atoms with Crippen LogP contribution in [-0.2, 0) is 0 Å². The molecule has 1 heterocycles. The van der Waals surface area contributed by atoms with E-state index in [9.17, 15) is 4.79 Å². The van der Waals surface area contributed by atoms with E-state index in [0.717, 1.165) is 6.42 Å². The van der Waals surface area contributed by atoms with E-state index in [2.05, 4.69) is 15.5 Å². The molecule has 5 nitrogen and oxygen atoms in total. The van der Waals surface area contributed by atoms with E-state index in [1.54, 1.807) is 0 Å². The molecule has 0 saturated heterocycles. The van der Waals surface area contributed by atoms with Gasteiger partial charge < -0.3 is 10.4 Å². The van der Waals surface area contributed by atoms with Crippen molar-refractivity contribution in [1.82, 2.24) is 15.5 Å². The van der Waals surface area contributed by atoms with Crippen LogP contribution in [0, 0.1) is 5.92 Å². The predicted molar refractivity (Wildman–Crippen MR) is 64.9 cm³/mol. The fraction of sp³-hybridized carbons (Fsp3) is 0.545. The van der Waals surface area contributed by atoms with Gasteiger partial charge in [0.2, 0.25) is 0 Å². The molecule has 1 unspecified atom stereocenters. The van der Waals surface area contributed by atoms with Crippen molar-refractivity contribution in [1.29, 1.82) is 0 Å². The summed E-state index contributed by atoms with van der Waals surface area (Å²) in [6.45, 7) is 2.68. The lowest BCUT2D eigenvalue weighted by Gasteiger charge is -2.13. The van der Waals surface area contributed by atoms with Crippen molar-refractivity contribution >= 4 is 17.5 Å². The maximum absolute atomic E-state index is 11.7. The van der Waals surface area contributed by atoms with Crippen LogP contribution >= 0.6 is 11.6 Å². The van der Waals surface area contributed by atoms with Crippen molar-refractivity contribution in [3.8, 4) is 0 Å². The largest absolute Gasteiger partial charge is 0.396 e. The number of carbonyl (C=O) groups is 1. The molecule has 94 valence electrons. The Morgan fingerprint density at radius 1 is 1.53 bits per heavy atom. The molecule has 0 aliphatic heterocycles. The highest BCUT2D eigenvalue weighted by molar-refractivity contribution is 6.29. The molecular weight excluding hydrogens is 242 g/mol. The third-order valence-electron chi connectivity index (χ3n) is 2.53. The standard InChI is InChI=1S/C11H16ClN3O2/c1-2-8(5-6-16)7-13-11(17)9-3-4-10(12)15-14-9/h3-4,8,16H,2,5-7H2,1H3,(H,13,17). The van der Waals surface area contributed by atoms with Crippen molar-refractivity contribution in [2.24, 2.45) is 5.92 Å². The molecule has 17 heavy (non-hydrogen) atoms. The molecule has 0 bridgehead atoms. The summed E-state index contributed by atoms with van der Waals surface area (Å²) in [5.74, 6) is 0.00904. The van der Waals surface area contributed by atoms with Gasteiger partial charge in [0.15, 0.2) is 10.8 Å². The number of hydrogen-bond acceptors (Lipinski definition) is 4. The first-order valence-electron chi connectivity index (χ1n) is 5.55. The molecule has 0 aromatic carbocycles. The second kappa shape index (κ2) is 7.19. The number of hydrogen-bond donors (Lipinski definition) is 2. The van der Waals surface area contributed by atoms with E-state index in [1.165, 1.54) is 12.1 Å². The smallest absolute Gasteiger partial charge is 0.271 e. The van der Waals surface area contributed by atoms with Gasteiger partial charge >= 0.3 is 0 Å². The van der Waals surface area contributed by atoms with Crippen molar-refractivity contribution in [3.05, 3.63) is 23.0 Å². The van der Waals surface area contributed by atoms with Crippen molar-refractivity contribution in [2.75, 3.05) is 13.2 Å². The van der Waals surface area contributed by atoms with Gasteiger partial charge in [0.1, 0.15) is 0 Å². The number of aromatic nitrogens is 2. The molecule has 1 atom stereocenters. The molecule has 0 spiro atoms. The van der Waals surface area contributed by atoms with E-state index >= 15 is 0 Å². The molecule has 1 amide bonds. The summed E-state index contributed by atoms with van der Waals surface area (Å²) in [5, 5.41) is 19.1. The molecule has 0 radical (unpaired) electrons. The predicted octanol–water partition coefficient (Wildman–Crippen LogP) is 1.27. The zero-order valence-electron chi connectivity index (χ0n) is 9.69. The van der Waals surface area contributed by atoms with Gasteiger partial charge in [-0.05, 0) is 24.5 Å². The fourth-order valence-corrected chi connectivity index (χ4v) is 1.50. The highest BCUT2D eigenvalue weighted by atomic mass is 35.5.